The summed E-state index contributed by atoms with van der Waals surface area (Å²) < 4.78 is 11.3. The molecule has 0 radical (unpaired) electrons. The van der Waals surface area contributed by atoms with Gasteiger partial charge >= 0.3 is 12.1 Å². The van der Waals surface area contributed by atoms with Crippen molar-refractivity contribution in [3.63, 3.8) is 0 Å². The van der Waals surface area contributed by atoms with Gasteiger partial charge in [0.25, 0.3) is 0 Å². The van der Waals surface area contributed by atoms with Crippen molar-refractivity contribution < 1.29 is 29.3 Å². The van der Waals surface area contributed by atoms with E-state index in [1.807, 2.05) is 26.0 Å². The molecule has 0 saturated heterocycles. The van der Waals surface area contributed by atoms with E-state index in [-0.39, 0.29) is 13.2 Å². The second-order valence-electron chi connectivity index (χ2n) is 8.01. The zero-order chi connectivity index (χ0) is 24.3. The molecular formula is C25H28N2O6. The van der Waals surface area contributed by atoms with Crippen LogP contribution in [0.2, 0.25) is 0 Å². The fourth-order valence-corrected chi connectivity index (χ4v) is 3.26. The number of ether oxygens (including phenoxy) is 2. The number of nitrogens with one attached hydrogen (secondary N) is 1. The summed E-state index contributed by atoms with van der Waals surface area (Å²) in [5, 5.41) is 29.4. The van der Waals surface area contributed by atoms with E-state index in [4.69, 9.17) is 24.9 Å². The summed E-state index contributed by atoms with van der Waals surface area (Å²) >= 11 is 0. The van der Waals surface area contributed by atoms with E-state index in [2.05, 4.69) is 5.32 Å². The number of carbonyl (C=O) groups is 2. The number of carbonyl (C=O) groups excluding carboxylic acids is 1. The summed E-state index contributed by atoms with van der Waals surface area (Å²) in [6.45, 7) is 3.88. The lowest BCUT2D eigenvalue weighted by Gasteiger charge is -2.34. The van der Waals surface area contributed by atoms with Crippen LogP contribution in [0.4, 0.5) is 10.5 Å². The van der Waals surface area contributed by atoms with Gasteiger partial charge in [-0.1, -0.05) is 32.1 Å². The van der Waals surface area contributed by atoms with E-state index in [0.717, 1.165) is 6.08 Å². The molecule has 2 rings (SSSR count). The molecule has 8 nitrogen and oxygen atoms in total. The van der Waals surface area contributed by atoms with Gasteiger partial charge in [0.1, 0.15) is 18.5 Å². The molecule has 0 bridgehead atoms. The lowest BCUT2D eigenvalue weighted by molar-refractivity contribution is -0.131. The van der Waals surface area contributed by atoms with Crippen molar-refractivity contribution >= 4 is 17.7 Å². The number of aliphatic hydroxyl groups excluding tert-OH is 1. The Bertz CT molecular complexity index is 1010. The first kappa shape index (κ1) is 25.4. The van der Waals surface area contributed by atoms with E-state index in [1.54, 1.807) is 48.5 Å². The van der Waals surface area contributed by atoms with Crippen LogP contribution in [0.15, 0.2) is 60.7 Å². The highest BCUT2D eigenvalue weighted by atomic mass is 16.6. The Hall–Kier alpha value is -3.83. The monoisotopic (exact) mass is 452 g/mol. The van der Waals surface area contributed by atoms with Crippen LogP contribution >= 0.6 is 0 Å². The van der Waals surface area contributed by atoms with Gasteiger partial charge in [-0.05, 0) is 54.8 Å². The molecule has 0 fully saturated rings. The Kier molecular flexibility index (Phi) is 9.45. The maximum absolute atomic E-state index is 12.7. The van der Waals surface area contributed by atoms with Crippen LogP contribution in [0.5, 0.6) is 5.75 Å². The van der Waals surface area contributed by atoms with Gasteiger partial charge in [0.2, 0.25) is 0 Å². The normalized spacial score (nSPS) is 12.1. The van der Waals surface area contributed by atoms with Crippen LogP contribution in [0.3, 0.4) is 0 Å². The minimum Gasteiger partial charge on any atom is -0.491 e. The van der Waals surface area contributed by atoms with Crippen LogP contribution in [-0.4, -0.2) is 35.5 Å². The van der Waals surface area contributed by atoms with Crippen LogP contribution in [0.1, 0.15) is 43.9 Å². The second kappa shape index (κ2) is 12.3. The SMILES string of the molecule is CC(C)(CC/C=C/C(=O)O)[C@@H](OC(=O)Nc1ccc(C#N)cc1)c1cccc(OCCO)c1. The van der Waals surface area contributed by atoms with Gasteiger partial charge in [-0.15, -0.1) is 0 Å². The van der Waals surface area contributed by atoms with Crippen molar-refractivity contribution in [1.82, 2.24) is 0 Å². The first-order valence-electron chi connectivity index (χ1n) is 10.5. The first-order valence-corrected chi connectivity index (χ1v) is 10.5. The first-order chi connectivity index (χ1) is 15.7. The number of anilines is 1. The highest BCUT2D eigenvalue weighted by Gasteiger charge is 2.34. The topological polar surface area (TPSA) is 129 Å². The Morgan fingerprint density at radius 2 is 1.94 bits per heavy atom. The number of rotatable bonds is 11. The Morgan fingerprint density at radius 1 is 1.21 bits per heavy atom. The van der Waals surface area contributed by atoms with Crippen molar-refractivity contribution in [3.05, 3.63) is 71.8 Å². The highest BCUT2D eigenvalue weighted by molar-refractivity contribution is 5.84. The largest absolute Gasteiger partial charge is 0.491 e. The third-order valence-electron chi connectivity index (χ3n) is 4.93. The molecule has 0 saturated carbocycles. The lowest BCUT2D eigenvalue weighted by atomic mass is 9.78. The molecule has 0 unspecified atom stereocenters. The van der Waals surface area contributed by atoms with E-state index >= 15 is 0 Å². The third kappa shape index (κ3) is 8.31. The molecule has 8 heteroatoms. The molecule has 1 atom stereocenters. The number of nitriles is 1. The smallest absolute Gasteiger partial charge is 0.412 e. The Morgan fingerprint density at radius 3 is 2.58 bits per heavy atom. The molecule has 1 amide bonds. The van der Waals surface area contributed by atoms with Crippen molar-refractivity contribution in [2.75, 3.05) is 18.5 Å². The number of carboxylic acids is 1. The van der Waals surface area contributed by atoms with Crippen molar-refractivity contribution in [2.45, 2.75) is 32.8 Å². The van der Waals surface area contributed by atoms with Crippen molar-refractivity contribution in [1.29, 1.82) is 5.26 Å². The van der Waals surface area contributed by atoms with Gasteiger partial charge in [-0.25, -0.2) is 9.59 Å². The molecule has 0 spiro atoms. The summed E-state index contributed by atoms with van der Waals surface area (Å²) in [5.41, 5.74) is 1.11. The Balaban J connectivity index is 2.24. The van der Waals surface area contributed by atoms with Crippen molar-refractivity contribution in [2.24, 2.45) is 5.41 Å². The number of nitrogens with zero attached hydrogens (tertiary/aromatic N) is 1. The molecular weight excluding hydrogens is 424 g/mol. The van der Waals surface area contributed by atoms with Gasteiger partial charge in [0.05, 0.1) is 18.2 Å². The van der Waals surface area contributed by atoms with Gasteiger partial charge in [-0.3, -0.25) is 5.32 Å². The fraction of sp³-hybridized carbons (Fsp3) is 0.320. The molecule has 0 aromatic heterocycles. The van der Waals surface area contributed by atoms with Crippen LogP contribution < -0.4 is 10.1 Å². The number of allylic oxidation sites excluding steroid dienone is 1. The third-order valence-corrected chi connectivity index (χ3v) is 4.93. The minimum absolute atomic E-state index is 0.126. The van der Waals surface area contributed by atoms with Crippen LogP contribution in [0.25, 0.3) is 0 Å². The number of aliphatic hydroxyl groups is 1. The van der Waals surface area contributed by atoms with E-state index in [1.165, 1.54) is 0 Å². The fourth-order valence-electron chi connectivity index (χ4n) is 3.26. The average Bonchev–Trinajstić information content (AvgIpc) is 2.79. The molecule has 33 heavy (non-hydrogen) atoms. The summed E-state index contributed by atoms with van der Waals surface area (Å²) in [7, 11) is 0. The molecule has 2 aromatic rings. The average molecular weight is 453 g/mol. The summed E-state index contributed by atoms with van der Waals surface area (Å²) in [5.74, 6) is -0.486. The number of hydrogen-bond donors (Lipinski definition) is 3. The number of hydrogen-bond acceptors (Lipinski definition) is 6. The molecule has 2 aromatic carbocycles. The van der Waals surface area contributed by atoms with Gasteiger partial charge in [0.15, 0.2) is 0 Å². The Labute approximate surface area is 193 Å². The van der Waals surface area contributed by atoms with Crippen LogP contribution in [0, 0.1) is 16.7 Å². The van der Waals surface area contributed by atoms with E-state index < -0.39 is 23.6 Å². The summed E-state index contributed by atoms with van der Waals surface area (Å²) in [4.78, 5) is 23.5. The number of amides is 1. The minimum atomic E-state index is -1.02. The maximum Gasteiger partial charge on any atom is 0.412 e. The predicted octanol–water partition coefficient (Wildman–Crippen LogP) is 4.67. The van der Waals surface area contributed by atoms with Gasteiger partial charge < -0.3 is 19.7 Å². The summed E-state index contributed by atoms with van der Waals surface area (Å²) in [6.07, 6.45) is 2.35. The maximum atomic E-state index is 12.7. The van der Waals surface area contributed by atoms with E-state index in [9.17, 15) is 9.59 Å². The van der Waals surface area contributed by atoms with Crippen molar-refractivity contribution in [3.8, 4) is 11.8 Å². The predicted molar refractivity (Wildman–Crippen MR) is 123 cm³/mol. The molecule has 0 heterocycles. The zero-order valence-electron chi connectivity index (χ0n) is 18.7. The molecule has 0 aliphatic heterocycles. The molecule has 0 aliphatic rings. The number of aliphatic carboxylic acids is 1. The number of benzene rings is 2. The quantitative estimate of drug-likeness (QED) is 0.423. The van der Waals surface area contributed by atoms with Gasteiger partial charge in [-0.2, -0.15) is 5.26 Å². The molecule has 174 valence electrons. The van der Waals surface area contributed by atoms with Crippen LogP contribution in [-0.2, 0) is 9.53 Å². The highest BCUT2D eigenvalue weighted by Crippen LogP contribution is 2.41. The second-order valence-corrected chi connectivity index (χ2v) is 8.01. The standard InChI is InChI=1S/C25H28N2O6/c1-25(2,13-4-3-8-22(29)30)23(19-6-5-7-21(16-19)32-15-14-28)33-24(31)27-20-11-9-18(17-26)10-12-20/h3,5-12,16,23,28H,4,13-15H2,1-2H3,(H,27,31)(H,29,30)/b8-3+/t23-/m0/s1. The van der Waals surface area contributed by atoms with Gasteiger partial charge in [0, 0.05) is 17.2 Å². The lowest BCUT2D eigenvalue weighted by Crippen LogP contribution is -2.29. The zero-order valence-corrected chi connectivity index (χ0v) is 18.7. The van der Waals surface area contributed by atoms with E-state index in [0.29, 0.717) is 35.4 Å². The molecule has 0 aliphatic carbocycles. The summed E-state index contributed by atoms with van der Waals surface area (Å²) in [6, 6.07) is 15.5. The molecule has 3 N–H and O–H groups in total. The number of carboxylic acid groups (broad SMARTS) is 1.